The van der Waals surface area contributed by atoms with Gasteiger partial charge in [0, 0.05) is 15.3 Å². The fourth-order valence-electron chi connectivity index (χ4n) is 2.81. The van der Waals surface area contributed by atoms with E-state index in [2.05, 4.69) is 11.4 Å². The molecule has 1 aliphatic carbocycles. The van der Waals surface area contributed by atoms with Gasteiger partial charge in [-0.2, -0.15) is 0 Å². The zero-order valence-electron chi connectivity index (χ0n) is 11.4. The van der Waals surface area contributed by atoms with E-state index in [0.29, 0.717) is 12.1 Å². The first-order chi connectivity index (χ1) is 9.70. The highest BCUT2D eigenvalue weighted by Crippen LogP contribution is 2.36. The average molecular weight is 293 g/mol. The van der Waals surface area contributed by atoms with Gasteiger partial charge in [0.05, 0.1) is 6.04 Å². The smallest absolute Gasteiger partial charge is 0.163 e. The maximum absolute atomic E-state index is 14.1. The van der Waals surface area contributed by atoms with Crippen molar-refractivity contribution in [1.29, 1.82) is 0 Å². The van der Waals surface area contributed by atoms with Crippen LogP contribution in [0, 0.1) is 11.6 Å². The Labute approximate surface area is 121 Å². The molecule has 20 heavy (non-hydrogen) atoms. The van der Waals surface area contributed by atoms with E-state index in [0.717, 1.165) is 23.8 Å². The van der Waals surface area contributed by atoms with Crippen LogP contribution in [0.5, 0.6) is 0 Å². The minimum absolute atomic E-state index is 0.258. The molecule has 0 fully saturated rings. The number of thiophene rings is 1. The van der Waals surface area contributed by atoms with Crippen LogP contribution < -0.4 is 5.32 Å². The number of hydrogen-bond acceptors (Lipinski definition) is 2. The van der Waals surface area contributed by atoms with Gasteiger partial charge >= 0.3 is 0 Å². The van der Waals surface area contributed by atoms with E-state index in [1.807, 2.05) is 6.92 Å². The third kappa shape index (κ3) is 2.38. The standard InChI is InChI=1S/C16H17F2NS/c1-2-19-16(11-6-4-7-12(17)15(11)18)14-9-10-5-3-8-13(10)20-14/h4,6-7,9,16,19H,2-3,5,8H2,1H3. The molecule has 2 aromatic rings. The third-order valence-corrected chi connectivity index (χ3v) is 5.05. The number of rotatable bonds is 4. The Morgan fingerprint density at radius 1 is 1.30 bits per heavy atom. The summed E-state index contributed by atoms with van der Waals surface area (Å²) in [7, 11) is 0. The Hall–Kier alpha value is -1.26. The zero-order valence-corrected chi connectivity index (χ0v) is 12.2. The van der Waals surface area contributed by atoms with Crippen LogP contribution in [0.1, 0.15) is 40.3 Å². The Morgan fingerprint density at radius 2 is 2.15 bits per heavy atom. The van der Waals surface area contributed by atoms with E-state index in [9.17, 15) is 8.78 Å². The second-order valence-corrected chi connectivity index (χ2v) is 6.25. The minimum Gasteiger partial charge on any atom is -0.306 e. The van der Waals surface area contributed by atoms with Crippen LogP contribution in [0.15, 0.2) is 24.3 Å². The molecule has 1 atom stereocenters. The second-order valence-electron chi connectivity index (χ2n) is 5.08. The average Bonchev–Trinajstić information content (AvgIpc) is 3.00. The molecule has 0 spiro atoms. The molecule has 4 heteroatoms. The zero-order chi connectivity index (χ0) is 14.1. The fraction of sp³-hybridized carbons (Fsp3) is 0.375. The molecule has 1 unspecified atom stereocenters. The lowest BCUT2D eigenvalue weighted by Gasteiger charge is -2.18. The van der Waals surface area contributed by atoms with Crippen molar-refractivity contribution in [2.45, 2.75) is 32.2 Å². The van der Waals surface area contributed by atoms with Gasteiger partial charge in [0.2, 0.25) is 0 Å². The Balaban J connectivity index is 2.01. The highest BCUT2D eigenvalue weighted by atomic mass is 32.1. The monoisotopic (exact) mass is 293 g/mol. The van der Waals surface area contributed by atoms with Gasteiger partial charge < -0.3 is 5.32 Å². The molecule has 1 nitrogen and oxygen atoms in total. The number of aryl methyl sites for hydroxylation is 2. The number of nitrogens with one attached hydrogen (secondary N) is 1. The molecule has 106 valence electrons. The Bertz CT molecular complexity index is 599. The van der Waals surface area contributed by atoms with Crippen LogP contribution in [0.2, 0.25) is 0 Å². The maximum atomic E-state index is 14.1. The van der Waals surface area contributed by atoms with Crippen molar-refractivity contribution in [3.8, 4) is 0 Å². The highest BCUT2D eigenvalue weighted by Gasteiger charge is 2.24. The number of benzene rings is 1. The first kappa shape index (κ1) is 13.7. The van der Waals surface area contributed by atoms with E-state index in [-0.39, 0.29) is 6.04 Å². The van der Waals surface area contributed by atoms with E-state index in [1.54, 1.807) is 23.5 Å². The van der Waals surface area contributed by atoms with Gasteiger partial charge in [-0.3, -0.25) is 0 Å². The number of hydrogen-bond donors (Lipinski definition) is 1. The predicted octanol–water partition coefficient (Wildman–Crippen LogP) is 4.21. The minimum atomic E-state index is -0.783. The SMILES string of the molecule is CCNC(c1cc2c(s1)CCC2)c1cccc(F)c1F. The van der Waals surface area contributed by atoms with Crippen LogP contribution in [0.25, 0.3) is 0 Å². The van der Waals surface area contributed by atoms with Crippen molar-refractivity contribution < 1.29 is 8.78 Å². The van der Waals surface area contributed by atoms with Gasteiger partial charge in [-0.05, 0) is 43.5 Å². The third-order valence-electron chi connectivity index (χ3n) is 3.75. The van der Waals surface area contributed by atoms with Gasteiger partial charge in [0.1, 0.15) is 0 Å². The van der Waals surface area contributed by atoms with Gasteiger partial charge in [0.15, 0.2) is 11.6 Å². The summed E-state index contributed by atoms with van der Waals surface area (Å²) in [4.78, 5) is 2.49. The van der Waals surface area contributed by atoms with Gasteiger partial charge in [-0.15, -0.1) is 11.3 Å². The molecule has 0 amide bonds. The Morgan fingerprint density at radius 3 is 2.90 bits per heavy atom. The Kier molecular flexibility index (Phi) is 3.85. The summed E-state index contributed by atoms with van der Waals surface area (Å²) < 4.78 is 27.5. The molecule has 0 saturated carbocycles. The van der Waals surface area contributed by atoms with Gasteiger partial charge in [-0.25, -0.2) is 8.78 Å². The summed E-state index contributed by atoms with van der Waals surface area (Å²) in [5, 5.41) is 3.28. The van der Waals surface area contributed by atoms with E-state index in [1.165, 1.54) is 16.9 Å². The van der Waals surface area contributed by atoms with Crippen molar-refractivity contribution in [3.05, 3.63) is 56.8 Å². The normalized spacial score (nSPS) is 15.3. The maximum Gasteiger partial charge on any atom is 0.163 e. The lowest BCUT2D eigenvalue weighted by atomic mass is 10.0. The summed E-state index contributed by atoms with van der Waals surface area (Å²) in [6.45, 7) is 2.69. The van der Waals surface area contributed by atoms with Crippen molar-refractivity contribution in [3.63, 3.8) is 0 Å². The van der Waals surface area contributed by atoms with Crippen LogP contribution in [0.4, 0.5) is 8.78 Å². The molecule has 0 bridgehead atoms. The molecule has 0 saturated heterocycles. The molecule has 1 aromatic heterocycles. The fourth-order valence-corrected chi connectivity index (χ4v) is 4.16. The molecule has 3 rings (SSSR count). The summed E-state index contributed by atoms with van der Waals surface area (Å²) in [6, 6.07) is 6.29. The predicted molar refractivity (Wildman–Crippen MR) is 78.2 cm³/mol. The number of fused-ring (bicyclic) bond motifs is 1. The first-order valence-corrected chi connectivity index (χ1v) is 7.81. The first-order valence-electron chi connectivity index (χ1n) is 6.99. The van der Waals surface area contributed by atoms with Crippen molar-refractivity contribution >= 4 is 11.3 Å². The van der Waals surface area contributed by atoms with Crippen LogP contribution in [-0.2, 0) is 12.8 Å². The molecule has 1 aliphatic rings. The van der Waals surface area contributed by atoms with Gasteiger partial charge in [-0.1, -0.05) is 19.1 Å². The molecular weight excluding hydrogens is 276 g/mol. The van der Waals surface area contributed by atoms with Gasteiger partial charge in [0.25, 0.3) is 0 Å². The lowest BCUT2D eigenvalue weighted by molar-refractivity contribution is 0.484. The molecule has 1 N–H and O–H groups in total. The van der Waals surface area contributed by atoms with Crippen molar-refractivity contribution in [2.75, 3.05) is 6.54 Å². The van der Waals surface area contributed by atoms with E-state index >= 15 is 0 Å². The summed E-state index contributed by atoms with van der Waals surface area (Å²) >= 11 is 1.73. The highest BCUT2D eigenvalue weighted by molar-refractivity contribution is 7.12. The van der Waals surface area contributed by atoms with E-state index < -0.39 is 11.6 Å². The lowest BCUT2D eigenvalue weighted by Crippen LogP contribution is -2.22. The molecule has 1 aromatic carbocycles. The molecule has 1 heterocycles. The van der Waals surface area contributed by atoms with Crippen LogP contribution in [0.3, 0.4) is 0 Å². The van der Waals surface area contributed by atoms with Crippen LogP contribution in [-0.4, -0.2) is 6.54 Å². The summed E-state index contributed by atoms with van der Waals surface area (Å²) in [5.74, 6) is -1.53. The van der Waals surface area contributed by atoms with Crippen LogP contribution >= 0.6 is 11.3 Å². The largest absolute Gasteiger partial charge is 0.306 e. The quantitative estimate of drug-likeness (QED) is 0.890. The topological polar surface area (TPSA) is 12.0 Å². The number of halogens is 2. The summed E-state index contributed by atoms with van der Waals surface area (Å²) in [5.41, 5.74) is 1.77. The van der Waals surface area contributed by atoms with Crippen molar-refractivity contribution in [1.82, 2.24) is 5.32 Å². The second kappa shape index (κ2) is 5.62. The van der Waals surface area contributed by atoms with E-state index in [4.69, 9.17) is 0 Å². The summed E-state index contributed by atoms with van der Waals surface area (Å²) in [6.07, 6.45) is 3.43. The molecule has 0 aliphatic heterocycles. The molecular formula is C16H17F2NS. The van der Waals surface area contributed by atoms with Crippen molar-refractivity contribution in [2.24, 2.45) is 0 Å². The molecule has 0 radical (unpaired) electrons.